The third kappa shape index (κ3) is 2.28. The molecule has 5 heteroatoms. The zero-order valence-electron chi connectivity index (χ0n) is 9.33. The molecule has 1 aromatic heterocycles. The number of methoxy groups -OCH3 is 1. The highest BCUT2D eigenvalue weighted by molar-refractivity contribution is 5.89. The fraction of sp³-hybridized carbons (Fsp3) is 0.167. The number of rotatable bonds is 4. The third-order valence-electron chi connectivity index (χ3n) is 2.39. The molecule has 1 N–H and O–H groups in total. The average molecular weight is 232 g/mol. The van der Waals surface area contributed by atoms with Crippen molar-refractivity contribution >= 4 is 5.97 Å². The van der Waals surface area contributed by atoms with Crippen molar-refractivity contribution in [1.29, 1.82) is 0 Å². The maximum absolute atomic E-state index is 10.9. The molecule has 0 saturated heterocycles. The van der Waals surface area contributed by atoms with Crippen LogP contribution >= 0.6 is 0 Å². The van der Waals surface area contributed by atoms with Gasteiger partial charge in [0.25, 0.3) is 0 Å². The molecule has 0 spiro atoms. The van der Waals surface area contributed by atoms with Gasteiger partial charge in [0.15, 0.2) is 0 Å². The normalized spacial score (nSPS) is 10.2. The van der Waals surface area contributed by atoms with E-state index in [1.807, 2.05) is 30.3 Å². The van der Waals surface area contributed by atoms with Gasteiger partial charge in [-0.25, -0.2) is 9.48 Å². The lowest BCUT2D eigenvalue weighted by Crippen LogP contribution is -2.06. The number of carbonyl (C=O) groups is 1. The third-order valence-corrected chi connectivity index (χ3v) is 2.39. The fourth-order valence-electron chi connectivity index (χ4n) is 1.61. The van der Waals surface area contributed by atoms with E-state index in [0.29, 0.717) is 6.54 Å². The van der Waals surface area contributed by atoms with Crippen molar-refractivity contribution in [3.8, 4) is 5.88 Å². The second-order valence-electron chi connectivity index (χ2n) is 3.52. The summed E-state index contributed by atoms with van der Waals surface area (Å²) >= 11 is 0. The van der Waals surface area contributed by atoms with Crippen LogP contribution in [0.4, 0.5) is 0 Å². The van der Waals surface area contributed by atoms with Crippen LogP contribution in [-0.2, 0) is 6.54 Å². The summed E-state index contributed by atoms with van der Waals surface area (Å²) in [5.74, 6) is -0.775. The average Bonchev–Trinajstić information content (AvgIpc) is 2.73. The SMILES string of the molecule is COc1c(C(=O)O)cnn1Cc1ccccc1. The molecule has 0 amide bonds. The van der Waals surface area contributed by atoms with E-state index in [1.165, 1.54) is 18.0 Å². The van der Waals surface area contributed by atoms with Gasteiger partial charge < -0.3 is 9.84 Å². The van der Waals surface area contributed by atoms with Gasteiger partial charge >= 0.3 is 5.97 Å². The molecule has 17 heavy (non-hydrogen) atoms. The smallest absolute Gasteiger partial charge is 0.342 e. The molecular weight excluding hydrogens is 220 g/mol. The second kappa shape index (κ2) is 4.69. The molecule has 0 saturated carbocycles. The number of hydrogen-bond donors (Lipinski definition) is 1. The highest BCUT2D eigenvalue weighted by Gasteiger charge is 2.17. The fourth-order valence-corrected chi connectivity index (χ4v) is 1.61. The summed E-state index contributed by atoms with van der Waals surface area (Å²) in [6.07, 6.45) is 1.30. The maximum Gasteiger partial charge on any atom is 0.342 e. The van der Waals surface area contributed by atoms with E-state index in [2.05, 4.69) is 5.10 Å². The summed E-state index contributed by atoms with van der Waals surface area (Å²) in [4.78, 5) is 10.9. The summed E-state index contributed by atoms with van der Waals surface area (Å²) in [6.45, 7) is 0.483. The molecule has 0 aliphatic rings. The lowest BCUT2D eigenvalue weighted by atomic mass is 10.2. The predicted molar refractivity (Wildman–Crippen MR) is 61.3 cm³/mol. The summed E-state index contributed by atoms with van der Waals surface area (Å²) < 4.78 is 6.60. The van der Waals surface area contributed by atoms with Crippen molar-refractivity contribution in [3.05, 3.63) is 47.7 Å². The van der Waals surface area contributed by atoms with Gasteiger partial charge in [0.1, 0.15) is 5.56 Å². The molecule has 88 valence electrons. The Kier molecular flexibility index (Phi) is 3.09. The van der Waals surface area contributed by atoms with Crippen molar-refractivity contribution in [1.82, 2.24) is 9.78 Å². The van der Waals surface area contributed by atoms with Gasteiger partial charge in [0.05, 0.1) is 19.9 Å². The number of carboxylic acids is 1. The van der Waals surface area contributed by atoms with Crippen LogP contribution in [0.3, 0.4) is 0 Å². The molecule has 0 fully saturated rings. The number of hydrogen-bond acceptors (Lipinski definition) is 3. The van der Waals surface area contributed by atoms with Crippen LogP contribution in [0, 0.1) is 0 Å². The molecule has 0 unspecified atom stereocenters. The van der Waals surface area contributed by atoms with E-state index in [9.17, 15) is 4.79 Å². The molecule has 0 aliphatic heterocycles. The van der Waals surface area contributed by atoms with E-state index < -0.39 is 5.97 Å². The van der Waals surface area contributed by atoms with Gasteiger partial charge in [-0.2, -0.15) is 5.10 Å². The van der Waals surface area contributed by atoms with Gasteiger partial charge in [-0.05, 0) is 5.56 Å². The Hall–Kier alpha value is -2.30. The minimum Gasteiger partial charge on any atom is -0.481 e. The summed E-state index contributed by atoms with van der Waals surface area (Å²) in [7, 11) is 1.44. The number of benzene rings is 1. The van der Waals surface area contributed by atoms with E-state index in [-0.39, 0.29) is 11.4 Å². The van der Waals surface area contributed by atoms with Gasteiger partial charge in [0, 0.05) is 0 Å². The topological polar surface area (TPSA) is 64.3 Å². The molecule has 0 aliphatic carbocycles. The Morgan fingerprint density at radius 3 is 2.71 bits per heavy atom. The second-order valence-corrected chi connectivity index (χ2v) is 3.52. The first kappa shape index (κ1) is 11.2. The molecule has 2 aromatic rings. The van der Waals surface area contributed by atoms with Crippen LogP contribution < -0.4 is 4.74 Å². The molecule has 1 aromatic carbocycles. The molecule has 5 nitrogen and oxygen atoms in total. The van der Waals surface area contributed by atoms with Crippen LogP contribution in [-0.4, -0.2) is 28.0 Å². The van der Waals surface area contributed by atoms with Crippen molar-refractivity contribution < 1.29 is 14.6 Å². The minimum atomic E-state index is -1.04. The van der Waals surface area contributed by atoms with Gasteiger partial charge in [-0.15, -0.1) is 0 Å². The van der Waals surface area contributed by atoms with Crippen LogP contribution in [0.15, 0.2) is 36.5 Å². The summed E-state index contributed by atoms with van der Waals surface area (Å²) in [5, 5.41) is 13.0. The molecule has 0 bridgehead atoms. The van der Waals surface area contributed by atoms with Crippen molar-refractivity contribution in [2.75, 3.05) is 7.11 Å². The first-order chi connectivity index (χ1) is 8.22. The van der Waals surface area contributed by atoms with E-state index >= 15 is 0 Å². The number of aromatic nitrogens is 2. The number of ether oxygens (including phenoxy) is 1. The molecule has 1 heterocycles. The van der Waals surface area contributed by atoms with E-state index in [1.54, 1.807) is 0 Å². The van der Waals surface area contributed by atoms with E-state index in [4.69, 9.17) is 9.84 Å². The number of aromatic carboxylic acids is 1. The molecule has 0 radical (unpaired) electrons. The monoisotopic (exact) mass is 232 g/mol. The lowest BCUT2D eigenvalue weighted by molar-refractivity contribution is 0.0693. The molecule has 2 rings (SSSR count). The maximum atomic E-state index is 10.9. The van der Waals surface area contributed by atoms with Crippen molar-refractivity contribution in [2.45, 2.75) is 6.54 Å². The summed E-state index contributed by atoms with van der Waals surface area (Å²) in [6, 6.07) is 9.66. The Bertz CT molecular complexity index is 520. The van der Waals surface area contributed by atoms with Crippen molar-refractivity contribution in [3.63, 3.8) is 0 Å². The number of carboxylic acid groups (broad SMARTS) is 1. The Balaban J connectivity index is 2.31. The first-order valence-electron chi connectivity index (χ1n) is 5.09. The predicted octanol–water partition coefficient (Wildman–Crippen LogP) is 1.64. The Labute approximate surface area is 98.3 Å². The quantitative estimate of drug-likeness (QED) is 0.870. The number of nitrogens with zero attached hydrogens (tertiary/aromatic N) is 2. The van der Waals surface area contributed by atoms with E-state index in [0.717, 1.165) is 5.56 Å². The van der Waals surface area contributed by atoms with Gasteiger partial charge in [0.2, 0.25) is 5.88 Å². The molecular formula is C12H12N2O3. The molecule has 0 atom stereocenters. The lowest BCUT2D eigenvalue weighted by Gasteiger charge is -2.06. The van der Waals surface area contributed by atoms with Crippen LogP contribution in [0.25, 0.3) is 0 Å². The Morgan fingerprint density at radius 1 is 1.41 bits per heavy atom. The first-order valence-corrected chi connectivity index (χ1v) is 5.09. The highest BCUT2D eigenvalue weighted by Crippen LogP contribution is 2.18. The highest BCUT2D eigenvalue weighted by atomic mass is 16.5. The zero-order valence-corrected chi connectivity index (χ0v) is 9.33. The standard InChI is InChI=1S/C12H12N2O3/c1-17-11-10(12(15)16)7-13-14(11)8-9-5-3-2-4-6-9/h2-7H,8H2,1H3,(H,15,16). The minimum absolute atomic E-state index is 0.0726. The summed E-state index contributed by atoms with van der Waals surface area (Å²) in [5.41, 5.74) is 1.11. The van der Waals surface area contributed by atoms with Gasteiger partial charge in [-0.1, -0.05) is 30.3 Å². The largest absolute Gasteiger partial charge is 0.481 e. The van der Waals surface area contributed by atoms with Crippen LogP contribution in [0.1, 0.15) is 15.9 Å². The zero-order chi connectivity index (χ0) is 12.3. The van der Waals surface area contributed by atoms with Gasteiger partial charge in [-0.3, -0.25) is 0 Å². The van der Waals surface area contributed by atoms with Crippen LogP contribution in [0.2, 0.25) is 0 Å². The van der Waals surface area contributed by atoms with Crippen LogP contribution in [0.5, 0.6) is 5.88 Å². The Morgan fingerprint density at radius 2 is 2.12 bits per heavy atom. The van der Waals surface area contributed by atoms with Crippen molar-refractivity contribution in [2.24, 2.45) is 0 Å².